The Labute approximate surface area is 110 Å². The zero-order valence-corrected chi connectivity index (χ0v) is 10.2. The number of H-pyrrole nitrogens is 1. The minimum absolute atomic E-state index is 0.221. The molecule has 0 fully saturated rings. The van der Waals surface area contributed by atoms with E-state index in [-0.39, 0.29) is 12.2 Å². The van der Waals surface area contributed by atoms with Gasteiger partial charge in [0, 0.05) is 6.07 Å². The lowest BCUT2D eigenvalue weighted by atomic mass is 10.2. The van der Waals surface area contributed by atoms with Crippen molar-refractivity contribution in [2.75, 3.05) is 6.61 Å². The van der Waals surface area contributed by atoms with Crippen molar-refractivity contribution < 1.29 is 4.74 Å². The van der Waals surface area contributed by atoms with Crippen LogP contribution in [0, 0.1) is 12.3 Å². The number of terminal acetylenes is 1. The van der Waals surface area contributed by atoms with Gasteiger partial charge in [-0.1, -0.05) is 24.1 Å². The molecular weight excluding hydrogens is 240 g/mol. The van der Waals surface area contributed by atoms with Gasteiger partial charge in [-0.05, 0) is 29.8 Å². The molecule has 2 aromatic rings. The van der Waals surface area contributed by atoms with E-state index in [2.05, 4.69) is 16.1 Å². The van der Waals surface area contributed by atoms with E-state index in [4.69, 9.17) is 11.2 Å². The van der Waals surface area contributed by atoms with Crippen LogP contribution >= 0.6 is 0 Å². The lowest BCUT2D eigenvalue weighted by Crippen LogP contribution is -2.05. The van der Waals surface area contributed by atoms with Gasteiger partial charge in [-0.3, -0.25) is 4.79 Å². The van der Waals surface area contributed by atoms with Gasteiger partial charge in [0.25, 0.3) is 5.56 Å². The molecule has 0 saturated carbocycles. The van der Waals surface area contributed by atoms with Gasteiger partial charge in [0.05, 0.1) is 5.69 Å². The van der Waals surface area contributed by atoms with Crippen LogP contribution in [0.5, 0.6) is 5.75 Å². The summed E-state index contributed by atoms with van der Waals surface area (Å²) in [5, 5.41) is 6.26. The van der Waals surface area contributed by atoms with Gasteiger partial charge in [0.2, 0.25) is 0 Å². The Balaban J connectivity index is 2.12. The maximum atomic E-state index is 10.9. The van der Waals surface area contributed by atoms with Crippen molar-refractivity contribution >= 4 is 12.2 Å². The third kappa shape index (κ3) is 3.86. The van der Waals surface area contributed by atoms with E-state index in [1.807, 2.05) is 30.3 Å². The summed E-state index contributed by atoms with van der Waals surface area (Å²) in [5.41, 5.74) is 1.42. The first-order chi connectivity index (χ1) is 9.28. The standard InChI is InChI=1S/C15H12N2O2/c1-2-10-19-14-5-3-4-12(11-14)6-7-13-8-9-15(18)17-16-13/h1,3-9,11H,10H2,(H,17,18). The maximum absolute atomic E-state index is 10.9. The van der Waals surface area contributed by atoms with E-state index in [1.54, 1.807) is 12.1 Å². The fourth-order valence-electron chi connectivity index (χ4n) is 1.46. The highest BCUT2D eigenvalue weighted by atomic mass is 16.5. The molecule has 1 heterocycles. The fourth-order valence-corrected chi connectivity index (χ4v) is 1.46. The van der Waals surface area contributed by atoms with Gasteiger partial charge in [0.1, 0.15) is 12.4 Å². The van der Waals surface area contributed by atoms with Gasteiger partial charge in [-0.25, -0.2) is 5.10 Å². The Hall–Kier alpha value is -2.80. The van der Waals surface area contributed by atoms with Gasteiger partial charge < -0.3 is 4.74 Å². The van der Waals surface area contributed by atoms with Crippen molar-refractivity contribution in [3.05, 3.63) is 58.0 Å². The number of ether oxygens (including phenoxy) is 1. The maximum Gasteiger partial charge on any atom is 0.264 e. The molecule has 1 N–H and O–H groups in total. The van der Waals surface area contributed by atoms with Crippen molar-refractivity contribution in [3.63, 3.8) is 0 Å². The van der Waals surface area contributed by atoms with Crippen molar-refractivity contribution in [1.82, 2.24) is 10.2 Å². The topological polar surface area (TPSA) is 55.0 Å². The number of aromatic amines is 1. The van der Waals surface area contributed by atoms with Crippen molar-refractivity contribution in [2.45, 2.75) is 0 Å². The second kappa shape index (κ2) is 6.22. The second-order valence-electron chi connectivity index (χ2n) is 3.74. The molecule has 0 saturated heterocycles. The average Bonchev–Trinajstić information content (AvgIpc) is 2.45. The third-order valence-electron chi connectivity index (χ3n) is 2.33. The second-order valence-corrected chi connectivity index (χ2v) is 3.74. The lowest BCUT2D eigenvalue weighted by molar-refractivity contribution is 0.370. The molecule has 2 rings (SSSR count). The Bertz CT molecular complexity index is 661. The molecule has 0 amide bonds. The smallest absolute Gasteiger partial charge is 0.264 e. The predicted octanol–water partition coefficient (Wildman–Crippen LogP) is 1.95. The van der Waals surface area contributed by atoms with Crippen LogP contribution in [0.4, 0.5) is 0 Å². The van der Waals surface area contributed by atoms with Crippen LogP contribution in [0.3, 0.4) is 0 Å². The molecule has 0 unspecified atom stereocenters. The predicted molar refractivity (Wildman–Crippen MR) is 74.6 cm³/mol. The normalized spacial score (nSPS) is 10.3. The molecule has 94 valence electrons. The molecule has 0 radical (unpaired) electrons. The summed E-state index contributed by atoms with van der Waals surface area (Å²) in [7, 11) is 0. The molecule has 0 aliphatic rings. The first-order valence-corrected chi connectivity index (χ1v) is 5.68. The average molecular weight is 252 g/mol. The van der Waals surface area contributed by atoms with Crippen LogP contribution in [0.25, 0.3) is 12.2 Å². The van der Waals surface area contributed by atoms with Crippen LogP contribution < -0.4 is 10.3 Å². The van der Waals surface area contributed by atoms with E-state index in [1.165, 1.54) is 6.07 Å². The van der Waals surface area contributed by atoms with E-state index < -0.39 is 0 Å². The van der Waals surface area contributed by atoms with Crippen molar-refractivity contribution in [2.24, 2.45) is 0 Å². The van der Waals surface area contributed by atoms with Gasteiger partial charge in [-0.2, -0.15) is 5.10 Å². The summed E-state index contributed by atoms with van der Waals surface area (Å²) in [4.78, 5) is 10.9. The molecule has 4 heteroatoms. The largest absolute Gasteiger partial charge is 0.481 e. The van der Waals surface area contributed by atoms with E-state index >= 15 is 0 Å². The molecular formula is C15H12N2O2. The van der Waals surface area contributed by atoms with Gasteiger partial charge >= 0.3 is 0 Å². The van der Waals surface area contributed by atoms with E-state index in [0.29, 0.717) is 5.69 Å². The van der Waals surface area contributed by atoms with Crippen LogP contribution in [0.1, 0.15) is 11.3 Å². The number of hydrogen-bond donors (Lipinski definition) is 1. The molecule has 0 bridgehead atoms. The highest BCUT2D eigenvalue weighted by Gasteiger charge is 1.94. The first-order valence-electron chi connectivity index (χ1n) is 5.68. The molecule has 0 spiro atoms. The SMILES string of the molecule is C#CCOc1cccc(C=Cc2ccc(=O)[nH]n2)c1. The monoisotopic (exact) mass is 252 g/mol. The van der Waals surface area contributed by atoms with Gasteiger partial charge in [-0.15, -0.1) is 6.42 Å². The number of aromatic nitrogens is 2. The first kappa shape index (κ1) is 12.7. The summed E-state index contributed by atoms with van der Waals surface area (Å²) in [5.74, 6) is 3.13. The fraction of sp³-hybridized carbons (Fsp3) is 0.0667. The zero-order valence-electron chi connectivity index (χ0n) is 10.2. The number of benzene rings is 1. The number of nitrogens with one attached hydrogen (secondary N) is 1. The third-order valence-corrected chi connectivity index (χ3v) is 2.33. The molecule has 0 atom stereocenters. The highest BCUT2D eigenvalue weighted by Crippen LogP contribution is 2.15. The summed E-state index contributed by atoms with van der Waals surface area (Å²) >= 11 is 0. The van der Waals surface area contributed by atoms with E-state index in [9.17, 15) is 4.79 Å². The zero-order chi connectivity index (χ0) is 13.5. The van der Waals surface area contributed by atoms with E-state index in [0.717, 1.165) is 11.3 Å². The Morgan fingerprint density at radius 2 is 2.21 bits per heavy atom. The van der Waals surface area contributed by atoms with Crippen molar-refractivity contribution in [3.8, 4) is 18.1 Å². The molecule has 0 aliphatic carbocycles. The summed E-state index contributed by atoms with van der Waals surface area (Å²) < 4.78 is 5.33. The van der Waals surface area contributed by atoms with Gasteiger partial charge in [0.15, 0.2) is 0 Å². The van der Waals surface area contributed by atoms with Crippen LogP contribution in [0.2, 0.25) is 0 Å². The van der Waals surface area contributed by atoms with Crippen LogP contribution in [-0.2, 0) is 0 Å². The summed E-state index contributed by atoms with van der Waals surface area (Å²) in [6.45, 7) is 0.245. The number of hydrogen-bond acceptors (Lipinski definition) is 3. The lowest BCUT2D eigenvalue weighted by Gasteiger charge is -2.02. The molecule has 4 nitrogen and oxygen atoms in total. The Kier molecular flexibility index (Phi) is 4.14. The molecule has 19 heavy (non-hydrogen) atoms. The van der Waals surface area contributed by atoms with Crippen molar-refractivity contribution in [1.29, 1.82) is 0 Å². The molecule has 0 aliphatic heterocycles. The quantitative estimate of drug-likeness (QED) is 0.846. The number of rotatable bonds is 4. The Morgan fingerprint density at radius 1 is 1.32 bits per heavy atom. The molecule has 1 aromatic carbocycles. The van der Waals surface area contributed by atoms with Crippen LogP contribution in [-0.4, -0.2) is 16.8 Å². The minimum Gasteiger partial charge on any atom is -0.481 e. The Morgan fingerprint density at radius 3 is 2.95 bits per heavy atom. The number of nitrogens with zero attached hydrogens (tertiary/aromatic N) is 1. The summed E-state index contributed by atoms with van der Waals surface area (Å²) in [6, 6.07) is 10.6. The minimum atomic E-state index is -0.221. The highest BCUT2D eigenvalue weighted by molar-refractivity contribution is 5.68. The molecule has 1 aromatic heterocycles. The van der Waals surface area contributed by atoms with Crippen LogP contribution in [0.15, 0.2) is 41.2 Å². The summed E-state index contributed by atoms with van der Waals surface area (Å²) in [6.07, 6.45) is 8.82.